The number of halogens is 2. The molecule has 8 nitrogen and oxygen atoms in total. The van der Waals surface area contributed by atoms with Crippen LogP contribution in [-0.2, 0) is 22.6 Å². The summed E-state index contributed by atoms with van der Waals surface area (Å²) in [4.78, 5) is 21.6. The predicted molar refractivity (Wildman–Crippen MR) is 156 cm³/mol. The lowest BCUT2D eigenvalue weighted by Gasteiger charge is -2.30. The van der Waals surface area contributed by atoms with E-state index in [2.05, 4.69) is 38.1 Å². The number of nitrogens with two attached hydrogens (primary N) is 1. The molecule has 2 aromatic carbocycles. The lowest BCUT2D eigenvalue weighted by molar-refractivity contribution is -0.152. The lowest BCUT2D eigenvalue weighted by Crippen LogP contribution is -2.50. The molecule has 3 aromatic rings. The number of carbonyl (C=O) groups excluding carboxylic acids is 1. The Kier molecular flexibility index (Phi) is 9.19. The first kappa shape index (κ1) is 27.6. The second-order valence-electron chi connectivity index (χ2n) is 10.2. The SMILES string of the molecule is Nc1ncc(-c2ccc(CNC3CCNC(C(=O)OC4CCCC4)C3)cc2)nc1NCc1c(Cl)cccc1Cl. The number of nitrogen functional groups attached to an aromatic ring is 1. The van der Waals surface area contributed by atoms with E-state index in [1.54, 1.807) is 24.4 Å². The summed E-state index contributed by atoms with van der Waals surface area (Å²) >= 11 is 12.6. The Morgan fingerprint density at radius 1 is 1.05 bits per heavy atom. The second-order valence-corrected chi connectivity index (χ2v) is 11.0. The molecule has 1 aromatic heterocycles. The summed E-state index contributed by atoms with van der Waals surface area (Å²) in [6.07, 6.45) is 7.77. The van der Waals surface area contributed by atoms with Crippen molar-refractivity contribution >= 4 is 40.8 Å². The third-order valence-corrected chi connectivity index (χ3v) is 8.12. The fraction of sp³-hybridized carbons (Fsp3) is 0.414. The van der Waals surface area contributed by atoms with Gasteiger partial charge in [0.15, 0.2) is 11.6 Å². The number of nitrogens with zero attached hydrogens (tertiary/aromatic N) is 2. The van der Waals surface area contributed by atoms with Crippen molar-refractivity contribution in [3.63, 3.8) is 0 Å². The number of ether oxygens (including phenoxy) is 1. The van der Waals surface area contributed by atoms with Crippen molar-refractivity contribution < 1.29 is 9.53 Å². The molecule has 2 aliphatic rings. The molecule has 0 radical (unpaired) electrons. The van der Waals surface area contributed by atoms with Crippen molar-refractivity contribution in [3.8, 4) is 11.3 Å². The van der Waals surface area contributed by atoms with Crippen molar-refractivity contribution in [2.45, 2.75) is 69.8 Å². The Morgan fingerprint density at radius 2 is 1.79 bits per heavy atom. The van der Waals surface area contributed by atoms with Gasteiger partial charge in [-0.2, -0.15) is 0 Å². The highest BCUT2D eigenvalue weighted by atomic mass is 35.5. The molecular weight excluding hydrogens is 535 g/mol. The van der Waals surface area contributed by atoms with Crippen LogP contribution in [0.4, 0.5) is 11.6 Å². The molecule has 0 bridgehead atoms. The first-order valence-corrected chi connectivity index (χ1v) is 14.3. The lowest BCUT2D eigenvalue weighted by atomic mass is 9.99. The van der Waals surface area contributed by atoms with Crippen LogP contribution in [0, 0.1) is 0 Å². The number of hydrogen-bond acceptors (Lipinski definition) is 8. The van der Waals surface area contributed by atoms with Gasteiger partial charge in [0.1, 0.15) is 12.1 Å². The quantitative estimate of drug-likeness (QED) is 0.256. The topological polar surface area (TPSA) is 114 Å². The number of hydrogen-bond donors (Lipinski definition) is 4. The smallest absolute Gasteiger partial charge is 0.323 e. The first-order valence-electron chi connectivity index (χ1n) is 13.5. The van der Waals surface area contributed by atoms with Gasteiger partial charge in [-0.3, -0.25) is 4.79 Å². The maximum absolute atomic E-state index is 12.6. The summed E-state index contributed by atoms with van der Waals surface area (Å²) in [7, 11) is 0. The van der Waals surface area contributed by atoms with Crippen LogP contribution in [0.15, 0.2) is 48.7 Å². The van der Waals surface area contributed by atoms with E-state index in [0.717, 1.165) is 61.8 Å². The molecule has 5 N–H and O–H groups in total. The first-order chi connectivity index (χ1) is 19.0. The monoisotopic (exact) mass is 568 g/mol. The van der Waals surface area contributed by atoms with Gasteiger partial charge >= 0.3 is 5.97 Å². The molecule has 2 fully saturated rings. The molecular formula is C29H34Cl2N6O2. The maximum Gasteiger partial charge on any atom is 0.323 e. The van der Waals surface area contributed by atoms with Crippen molar-refractivity contribution in [1.29, 1.82) is 0 Å². The minimum atomic E-state index is -0.236. The van der Waals surface area contributed by atoms with Gasteiger partial charge in [0.05, 0.1) is 11.9 Å². The van der Waals surface area contributed by atoms with Gasteiger partial charge in [-0.25, -0.2) is 9.97 Å². The second kappa shape index (κ2) is 13.0. The zero-order chi connectivity index (χ0) is 27.2. The van der Waals surface area contributed by atoms with Crippen LogP contribution in [0.1, 0.15) is 49.7 Å². The number of nitrogens with one attached hydrogen (secondary N) is 3. The number of piperidine rings is 1. The number of benzene rings is 2. The Labute approximate surface area is 239 Å². The van der Waals surface area contributed by atoms with Crippen LogP contribution in [0.3, 0.4) is 0 Å². The fourth-order valence-electron chi connectivity index (χ4n) is 5.13. The van der Waals surface area contributed by atoms with Gasteiger partial charge < -0.3 is 26.4 Å². The molecule has 39 heavy (non-hydrogen) atoms. The number of anilines is 2. The predicted octanol–water partition coefficient (Wildman–Crippen LogP) is 5.34. The summed E-state index contributed by atoms with van der Waals surface area (Å²) in [5, 5.41) is 11.3. The largest absolute Gasteiger partial charge is 0.461 e. The average Bonchev–Trinajstić information content (AvgIpc) is 3.46. The standard InChI is InChI=1S/C29H34Cl2N6O2/c30-23-6-3-7-24(31)22(23)16-36-28-27(32)35-17-26(37-28)19-10-8-18(9-11-19)15-34-20-12-13-33-25(14-20)29(38)39-21-4-1-2-5-21/h3,6-11,17,20-21,25,33-34H,1-2,4-5,12-16H2,(H2,32,35)(H,36,37). The molecule has 5 rings (SSSR count). The average molecular weight is 570 g/mol. The molecule has 10 heteroatoms. The molecule has 2 heterocycles. The van der Waals surface area contributed by atoms with Gasteiger partial charge in [-0.15, -0.1) is 0 Å². The maximum atomic E-state index is 12.6. The van der Waals surface area contributed by atoms with Crippen LogP contribution >= 0.6 is 23.2 Å². The minimum absolute atomic E-state index is 0.101. The van der Waals surface area contributed by atoms with Crippen molar-refractivity contribution in [1.82, 2.24) is 20.6 Å². The van der Waals surface area contributed by atoms with Crippen molar-refractivity contribution in [2.24, 2.45) is 0 Å². The van der Waals surface area contributed by atoms with Gasteiger partial charge in [0.2, 0.25) is 0 Å². The zero-order valence-electron chi connectivity index (χ0n) is 21.8. The van der Waals surface area contributed by atoms with Crippen LogP contribution in [-0.4, -0.2) is 40.7 Å². The summed E-state index contributed by atoms with van der Waals surface area (Å²) < 4.78 is 5.72. The van der Waals surface area contributed by atoms with E-state index in [1.807, 2.05) is 12.1 Å². The Hall–Kier alpha value is -2.91. The molecule has 1 aliphatic heterocycles. The molecule has 1 saturated heterocycles. The van der Waals surface area contributed by atoms with Crippen LogP contribution in [0.25, 0.3) is 11.3 Å². The summed E-state index contributed by atoms with van der Waals surface area (Å²) in [5.41, 5.74) is 9.63. The van der Waals surface area contributed by atoms with Gasteiger partial charge in [0, 0.05) is 40.3 Å². The summed E-state index contributed by atoms with van der Waals surface area (Å²) in [6, 6.07) is 13.6. The molecule has 2 atom stereocenters. The fourth-order valence-corrected chi connectivity index (χ4v) is 5.66. The van der Waals surface area contributed by atoms with Gasteiger partial charge in [0.25, 0.3) is 0 Å². The van der Waals surface area contributed by atoms with E-state index in [4.69, 9.17) is 33.7 Å². The third-order valence-electron chi connectivity index (χ3n) is 7.41. The molecule has 2 unspecified atom stereocenters. The van der Waals surface area contributed by atoms with E-state index < -0.39 is 0 Å². The number of esters is 1. The van der Waals surface area contributed by atoms with Crippen molar-refractivity contribution in [2.75, 3.05) is 17.6 Å². The van der Waals surface area contributed by atoms with E-state index >= 15 is 0 Å². The molecule has 206 valence electrons. The highest BCUT2D eigenvalue weighted by Crippen LogP contribution is 2.27. The number of carbonyl (C=O) groups is 1. The van der Waals surface area contributed by atoms with Crippen LogP contribution in [0.2, 0.25) is 10.0 Å². The summed E-state index contributed by atoms with van der Waals surface area (Å²) in [6.45, 7) is 1.89. The minimum Gasteiger partial charge on any atom is -0.461 e. The normalized spacial score (nSPS) is 19.6. The highest BCUT2D eigenvalue weighted by molar-refractivity contribution is 6.36. The molecule has 1 saturated carbocycles. The van der Waals surface area contributed by atoms with Crippen LogP contribution in [0.5, 0.6) is 0 Å². The zero-order valence-corrected chi connectivity index (χ0v) is 23.3. The summed E-state index contributed by atoms with van der Waals surface area (Å²) in [5.74, 6) is 0.669. The Bertz CT molecular complexity index is 1260. The third kappa shape index (κ3) is 7.19. The number of aromatic nitrogens is 2. The highest BCUT2D eigenvalue weighted by Gasteiger charge is 2.30. The van der Waals surface area contributed by atoms with Crippen molar-refractivity contribution in [3.05, 3.63) is 69.8 Å². The Balaban J connectivity index is 1.15. The molecule has 0 spiro atoms. The van der Waals surface area contributed by atoms with Gasteiger partial charge in [-0.1, -0.05) is 53.5 Å². The molecule has 1 aliphatic carbocycles. The molecule has 0 amide bonds. The number of rotatable bonds is 9. The van der Waals surface area contributed by atoms with E-state index in [9.17, 15) is 4.79 Å². The van der Waals surface area contributed by atoms with E-state index in [-0.39, 0.29) is 24.2 Å². The van der Waals surface area contributed by atoms with Gasteiger partial charge in [-0.05, 0) is 62.8 Å². The van der Waals surface area contributed by atoms with Crippen LogP contribution < -0.4 is 21.7 Å². The van der Waals surface area contributed by atoms with E-state index in [1.165, 1.54) is 0 Å². The Morgan fingerprint density at radius 3 is 2.54 bits per heavy atom. The van der Waals surface area contributed by atoms with E-state index in [0.29, 0.717) is 40.5 Å².